The first-order valence-corrected chi connectivity index (χ1v) is 14.3. The average Bonchev–Trinajstić information content (AvgIpc) is 3.04. The van der Waals surface area contributed by atoms with Crippen molar-refractivity contribution in [3.05, 3.63) is 97.1 Å². The maximum atomic E-state index is 6.54. The lowest BCUT2D eigenvalue weighted by molar-refractivity contribution is 0.416. The molecule has 12 rings (SSSR count). The van der Waals surface area contributed by atoms with Gasteiger partial charge in [0.15, 0.2) is 69.0 Å². The van der Waals surface area contributed by atoms with Crippen LogP contribution in [0, 0.1) is 0 Å². The fourth-order valence-electron chi connectivity index (χ4n) is 7.18. The zero-order chi connectivity index (χ0) is 28.3. The van der Waals surface area contributed by atoms with Gasteiger partial charge < -0.3 is 28.4 Å². The molecule has 6 aromatic carbocycles. The first kappa shape index (κ1) is 21.4. The van der Waals surface area contributed by atoms with Gasteiger partial charge in [0.2, 0.25) is 0 Å². The van der Waals surface area contributed by atoms with E-state index in [1.54, 1.807) is 0 Å². The Balaban J connectivity index is 1.08. The summed E-state index contributed by atoms with van der Waals surface area (Å²) >= 11 is 0. The standard InChI is InChI=1S/C36H16N2O6/c1-5-19-31-23(9-1)41-27-13-17(14-28-35(27)37(31)32-20(39-19)6-2-10-24(32)42-28)18-15-29-36-30(16-18)44-26-12-4-8-22-34(26)38(36)33-21(40-22)7-3-11-25(33)43-29/h1-16H. The van der Waals surface area contributed by atoms with Crippen molar-refractivity contribution < 1.29 is 28.4 Å². The molecule has 6 heterocycles. The van der Waals surface area contributed by atoms with Gasteiger partial charge in [-0.3, -0.25) is 9.80 Å². The maximum Gasteiger partial charge on any atom is 0.156 e. The van der Waals surface area contributed by atoms with Crippen molar-refractivity contribution in [3.63, 3.8) is 0 Å². The predicted octanol–water partition coefficient (Wildman–Crippen LogP) is 10.9. The molecule has 0 fully saturated rings. The van der Waals surface area contributed by atoms with Crippen LogP contribution >= 0.6 is 0 Å². The van der Waals surface area contributed by atoms with Gasteiger partial charge in [0.25, 0.3) is 0 Å². The highest BCUT2D eigenvalue weighted by Crippen LogP contribution is 2.69. The summed E-state index contributed by atoms with van der Waals surface area (Å²) in [4.78, 5) is 4.40. The molecule has 0 N–H and O–H groups in total. The van der Waals surface area contributed by atoms with Crippen LogP contribution in [-0.4, -0.2) is 0 Å². The Kier molecular flexibility index (Phi) is 3.42. The summed E-state index contributed by atoms with van der Waals surface area (Å²) in [6.07, 6.45) is 0. The molecule has 0 aromatic heterocycles. The summed E-state index contributed by atoms with van der Waals surface area (Å²) in [6, 6.07) is 31.7. The van der Waals surface area contributed by atoms with Gasteiger partial charge in [-0.05, 0) is 83.9 Å². The van der Waals surface area contributed by atoms with Crippen molar-refractivity contribution in [3.8, 4) is 80.1 Å². The van der Waals surface area contributed by atoms with Crippen molar-refractivity contribution in [1.29, 1.82) is 0 Å². The largest absolute Gasteiger partial charge is 0.453 e. The molecule has 0 atom stereocenters. The van der Waals surface area contributed by atoms with Crippen LogP contribution in [0.5, 0.6) is 69.0 Å². The maximum absolute atomic E-state index is 6.54. The molecular weight excluding hydrogens is 556 g/mol. The Bertz CT molecular complexity index is 2060. The Morgan fingerprint density at radius 3 is 0.727 bits per heavy atom. The molecule has 6 aliphatic rings. The number of nitrogens with zero attached hydrogens (tertiary/aromatic N) is 2. The van der Waals surface area contributed by atoms with Crippen molar-refractivity contribution in [1.82, 2.24) is 0 Å². The molecule has 0 amide bonds. The quantitative estimate of drug-likeness (QED) is 0.192. The molecule has 0 radical (unpaired) electrons. The average molecular weight is 573 g/mol. The molecule has 6 aromatic rings. The molecule has 0 aliphatic carbocycles. The lowest BCUT2D eigenvalue weighted by atomic mass is 9.97. The van der Waals surface area contributed by atoms with Crippen LogP contribution in [0.3, 0.4) is 0 Å². The molecule has 0 saturated heterocycles. The van der Waals surface area contributed by atoms with Crippen LogP contribution in [0.1, 0.15) is 0 Å². The number of hydrogen-bond donors (Lipinski definition) is 0. The van der Waals surface area contributed by atoms with E-state index in [-0.39, 0.29) is 0 Å². The van der Waals surface area contributed by atoms with Gasteiger partial charge in [-0.2, -0.15) is 0 Å². The monoisotopic (exact) mass is 572 g/mol. The third kappa shape index (κ3) is 2.41. The van der Waals surface area contributed by atoms with Crippen LogP contribution < -0.4 is 38.2 Å². The van der Waals surface area contributed by atoms with Gasteiger partial charge in [0, 0.05) is 0 Å². The highest BCUT2D eigenvalue weighted by atomic mass is 16.5. The van der Waals surface area contributed by atoms with Crippen LogP contribution in [0.15, 0.2) is 97.1 Å². The predicted molar refractivity (Wildman–Crippen MR) is 162 cm³/mol. The van der Waals surface area contributed by atoms with Crippen molar-refractivity contribution in [2.45, 2.75) is 0 Å². The molecule has 0 spiro atoms. The van der Waals surface area contributed by atoms with E-state index in [9.17, 15) is 0 Å². The molecule has 44 heavy (non-hydrogen) atoms. The van der Waals surface area contributed by atoms with Gasteiger partial charge in [0.05, 0.1) is 0 Å². The van der Waals surface area contributed by atoms with Crippen molar-refractivity contribution in [2.24, 2.45) is 0 Å². The molecule has 0 unspecified atom stereocenters. The van der Waals surface area contributed by atoms with Gasteiger partial charge in [-0.15, -0.1) is 0 Å². The molecule has 8 heteroatoms. The lowest BCUT2D eigenvalue weighted by Gasteiger charge is -2.42. The van der Waals surface area contributed by atoms with E-state index in [4.69, 9.17) is 28.4 Å². The van der Waals surface area contributed by atoms with Crippen LogP contribution in [0.4, 0.5) is 34.1 Å². The summed E-state index contributed by atoms with van der Waals surface area (Å²) in [5.74, 6) is 8.62. The summed E-state index contributed by atoms with van der Waals surface area (Å²) < 4.78 is 38.6. The summed E-state index contributed by atoms with van der Waals surface area (Å²) in [7, 11) is 0. The van der Waals surface area contributed by atoms with Crippen molar-refractivity contribution >= 4 is 34.1 Å². The minimum absolute atomic E-state index is 0.691. The second-order valence-electron chi connectivity index (χ2n) is 11.3. The number of ether oxygens (including phenoxy) is 6. The molecule has 0 bridgehead atoms. The second-order valence-corrected chi connectivity index (χ2v) is 11.3. The van der Waals surface area contributed by atoms with Gasteiger partial charge in [-0.25, -0.2) is 0 Å². The van der Waals surface area contributed by atoms with Crippen LogP contribution in [-0.2, 0) is 0 Å². The Morgan fingerprint density at radius 2 is 0.477 bits per heavy atom. The van der Waals surface area contributed by atoms with E-state index in [0.717, 1.165) is 91.2 Å². The third-order valence-electron chi connectivity index (χ3n) is 8.92. The second kappa shape index (κ2) is 7.02. The minimum atomic E-state index is 0.691. The van der Waals surface area contributed by atoms with E-state index >= 15 is 0 Å². The lowest BCUT2D eigenvalue weighted by Crippen LogP contribution is -2.24. The normalized spacial score (nSPS) is 14.9. The first-order valence-electron chi connectivity index (χ1n) is 14.3. The summed E-state index contributed by atoms with van der Waals surface area (Å²) in [5.41, 5.74) is 6.99. The van der Waals surface area contributed by atoms with E-state index in [1.165, 1.54) is 0 Å². The summed E-state index contributed by atoms with van der Waals surface area (Å²) in [5, 5.41) is 0. The van der Waals surface area contributed by atoms with E-state index in [1.807, 2.05) is 97.1 Å². The zero-order valence-electron chi connectivity index (χ0n) is 22.6. The zero-order valence-corrected chi connectivity index (χ0v) is 22.6. The van der Waals surface area contributed by atoms with Crippen LogP contribution in [0.25, 0.3) is 11.1 Å². The molecule has 6 aliphatic heterocycles. The topological polar surface area (TPSA) is 61.9 Å². The fraction of sp³-hybridized carbons (Fsp3) is 0. The number of hydrogen-bond acceptors (Lipinski definition) is 8. The Hall–Kier alpha value is -6.28. The van der Waals surface area contributed by atoms with Crippen molar-refractivity contribution in [2.75, 3.05) is 9.80 Å². The molecular formula is C36H16N2O6. The highest BCUT2D eigenvalue weighted by molar-refractivity contribution is 6.02. The molecule has 206 valence electrons. The van der Waals surface area contributed by atoms with Gasteiger partial charge >= 0.3 is 0 Å². The number of rotatable bonds is 1. The first-order chi connectivity index (χ1) is 21.8. The fourth-order valence-corrected chi connectivity index (χ4v) is 7.18. The van der Waals surface area contributed by atoms with E-state index in [2.05, 4.69) is 9.80 Å². The van der Waals surface area contributed by atoms with Crippen LogP contribution in [0.2, 0.25) is 0 Å². The smallest absolute Gasteiger partial charge is 0.156 e. The van der Waals surface area contributed by atoms with E-state index < -0.39 is 0 Å². The highest BCUT2D eigenvalue weighted by Gasteiger charge is 2.43. The van der Waals surface area contributed by atoms with Gasteiger partial charge in [-0.1, -0.05) is 24.3 Å². The third-order valence-corrected chi connectivity index (χ3v) is 8.92. The molecule has 8 nitrogen and oxygen atoms in total. The number of benzene rings is 6. The number of anilines is 6. The summed E-state index contributed by atoms with van der Waals surface area (Å²) in [6.45, 7) is 0. The minimum Gasteiger partial charge on any atom is -0.453 e. The Labute approximate surface area is 249 Å². The Morgan fingerprint density at radius 1 is 0.273 bits per heavy atom. The van der Waals surface area contributed by atoms with Gasteiger partial charge in [0.1, 0.15) is 34.1 Å². The number of para-hydroxylation sites is 4. The molecule has 0 saturated carbocycles. The van der Waals surface area contributed by atoms with E-state index in [0.29, 0.717) is 23.0 Å². The SMILES string of the molecule is c1cc2c3c(c1)Oc1cc(-c4cc5c6c(c4)Oc4cccc7c4N6c4c(cccc4O5)O7)cc4c1N3c1c(cccc1O4)O2.